The standard InChI is InChI=1S/C22H20Cl/c1-17-7-9-18(10-8-17)15-21(20-5-3-2-4-6-20)16-19-11-13-22(23)14-12-19/h2-14H,15-16H2,1H3. The lowest BCUT2D eigenvalue weighted by Gasteiger charge is -2.17. The molecular formula is C22H20Cl. The molecule has 0 amide bonds. The first-order valence-electron chi connectivity index (χ1n) is 7.91. The molecule has 115 valence electrons. The van der Waals surface area contributed by atoms with Gasteiger partial charge < -0.3 is 0 Å². The van der Waals surface area contributed by atoms with Crippen molar-refractivity contribution in [3.05, 3.63) is 112 Å². The van der Waals surface area contributed by atoms with Crippen molar-refractivity contribution < 1.29 is 0 Å². The normalized spacial score (nSPS) is 10.9. The number of hydrogen-bond acceptors (Lipinski definition) is 0. The van der Waals surface area contributed by atoms with E-state index >= 15 is 0 Å². The van der Waals surface area contributed by atoms with Crippen LogP contribution in [0.5, 0.6) is 0 Å². The van der Waals surface area contributed by atoms with Crippen LogP contribution in [0.3, 0.4) is 0 Å². The lowest BCUT2D eigenvalue weighted by molar-refractivity contribution is 0.897. The molecule has 0 heterocycles. The molecule has 3 aromatic carbocycles. The van der Waals surface area contributed by atoms with E-state index < -0.39 is 0 Å². The molecular weight excluding hydrogens is 300 g/mol. The van der Waals surface area contributed by atoms with Crippen molar-refractivity contribution >= 4 is 11.6 Å². The van der Waals surface area contributed by atoms with Gasteiger partial charge in [0.15, 0.2) is 0 Å². The monoisotopic (exact) mass is 319 g/mol. The predicted octanol–water partition coefficient (Wildman–Crippen LogP) is 6.06. The van der Waals surface area contributed by atoms with Crippen molar-refractivity contribution in [1.82, 2.24) is 0 Å². The van der Waals surface area contributed by atoms with Crippen LogP contribution >= 0.6 is 11.6 Å². The maximum Gasteiger partial charge on any atom is 0.0406 e. The van der Waals surface area contributed by atoms with Crippen molar-refractivity contribution in [2.75, 3.05) is 0 Å². The maximum atomic E-state index is 6.00. The maximum absolute atomic E-state index is 6.00. The molecule has 0 saturated carbocycles. The Balaban J connectivity index is 1.84. The van der Waals surface area contributed by atoms with Gasteiger partial charge in [0, 0.05) is 10.9 Å². The van der Waals surface area contributed by atoms with Crippen molar-refractivity contribution in [2.24, 2.45) is 0 Å². The Morgan fingerprint density at radius 1 is 0.696 bits per heavy atom. The minimum Gasteiger partial charge on any atom is -0.0843 e. The topological polar surface area (TPSA) is 0 Å². The first-order chi connectivity index (χ1) is 11.2. The highest BCUT2D eigenvalue weighted by Gasteiger charge is 2.14. The summed E-state index contributed by atoms with van der Waals surface area (Å²) in [5.74, 6) is 1.43. The molecule has 0 N–H and O–H groups in total. The van der Waals surface area contributed by atoms with E-state index in [4.69, 9.17) is 11.6 Å². The number of benzene rings is 3. The van der Waals surface area contributed by atoms with E-state index in [2.05, 4.69) is 73.7 Å². The fraction of sp³-hybridized carbons (Fsp3) is 0.136. The van der Waals surface area contributed by atoms with Gasteiger partial charge in [0.2, 0.25) is 0 Å². The SMILES string of the molecule is Cc1ccc(C[C](Cc2ccc(Cl)cc2)c2ccccc2)cc1. The van der Waals surface area contributed by atoms with Crippen molar-refractivity contribution in [3.8, 4) is 0 Å². The number of rotatable bonds is 5. The van der Waals surface area contributed by atoms with Gasteiger partial charge in [0.1, 0.15) is 0 Å². The highest BCUT2D eigenvalue weighted by molar-refractivity contribution is 6.30. The molecule has 0 bridgehead atoms. The second kappa shape index (κ2) is 7.48. The third-order valence-corrected chi connectivity index (χ3v) is 4.30. The van der Waals surface area contributed by atoms with E-state index in [1.165, 1.54) is 28.2 Å². The number of halogens is 1. The second-order valence-corrected chi connectivity index (χ2v) is 6.37. The molecule has 0 fully saturated rings. The van der Waals surface area contributed by atoms with Gasteiger partial charge in [-0.15, -0.1) is 0 Å². The molecule has 0 aliphatic carbocycles. The third-order valence-electron chi connectivity index (χ3n) is 4.05. The van der Waals surface area contributed by atoms with Crippen LogP contribution in [0, 0.1) is 12.8 Å². The zero-order valence-corrected chi connectivity index (χ0v) is 14.1. The van der Waals surface area contributed by atoms with Gasteiger partial charge >= 0.3 is 0 Å². The first kappa shape index (κ1) is 15.8. The minimum atomic E-state index is 0.786. The fourth-order valence-corrected chi connectivity index (χ4v) is 2.87. The van der Waals surface area contributed by atoms with E-state index in [-0.39, 0.29) is 0 Å². The van der Waals surface area contributed by atoms with Crippen LogP contribution in [0.15, 0.2) is 78.9 Å². The van der Waals surface area contributed by atoms with Crippen LogP contribution in [0.1, 0.15) is 22.3 Å². The van der Waals surface area contributed by atoms with Gasteiger partial charge in [-0.05, 0) is 48.6 Å². The molecule has 0 aliphatic heterocycles. The summed E-state index contributed by atoms with van der Waals surface area (Å²) in [5.41, 5.74) is 5.25. The van der Waals surface area contributed by atoms with Crippen LogP contribution in [-0.4, -0.2) is 0 Å². The average molecular weight is 320 g/mol. The Labute approximate surface area is 143 Å². The molecule has 0 nitrogen and oxygen atoms in total. The zero-order valence-electron chi connectivity index (χ0n) is 13.3. The Morgan fingerprint density at radius 2 is 1.22 bits per heavy atom. The molecule has 3 rings (SSSR count). The molecule has 0 atom stereocenters. The van der Waals surface area contributed by atoms with Gasteiger partial charge in [-0.25, -0.2) is 0 Å². The highest BCUT2D eigenvalue weighted by atomic mass is 35.5. The van der Waals surface area contributed by atoms with Gasteiger partial charge in [-0.2, -0.15) is 0 Å². The molecule has 0 saturated heterocycles. The summed E-state index contributed by atoms with van der Waals surface area (Å²) in [6.07, 6.45) is 1.90. The summed E-state index contributed by atoms with van der Waals surface area (Å²) in [5, 5.41) is 0.786. The number of aryl methyl sites for hydroxylation is 1. The Morgan fingerprint density at radius 3 is 1.78 bits per heavy atom. The quantitative estimate of drug-likeness (QED) is 0.536. The van der Waals surface area contributed by atoms with Crippen molar-refractivity contribution in [2.45, 2.75) is 19.8 Å². The largest absolute Gasteiger partial charge is 0.0843 e. The van der Waals surface area contributed by atoms with Crippen LogP contribution in [0.2, 0.25) is 5.02 Å². The molecule has 23 heavy (non-hydrogen) atoms. The van der Waals surface area contributed by atoms with Crippen LogP contribution < -0.4 is 0 Å². The minimum absolute atomic E-state index is 0.786. The number of hydrogen-bond donors (Lipinski definition) is 0. The van der Waals surface area contributed by atoms with Crippen LogP contribution in [0.25, 0.3) is 0 Å². The van der Waals surface area contributed by atoms with Gasteiger partial charge in [-0.3, -0.25) is 0 Å². The summed E-state index contributed by atoms with van der Waals surface area (Å²) in [6.45, 7) is 2.12. The van der Waals surface area contributed by atoms with Crippen molar-refractivity contribution in [3.63, 3.8) is 0 Å². The molecule has 0 spiro atoms. The van der Waals surface area contributed by atoms with Crippen LogP contribution in [-0.2, 0) is 12.8 Å². The van der Waals surface area contributed by atoms with E-state index in [0.29, 0.717) is 0 Å². The van der Waals surface area contributed by atoms with Gasteiger partial charge in [0.05, 0.1) is 0 Å². The average Bonchev–Trinajstić information content (AvgIpc) is 2.59. The predicted molar refractivity (Wildman–Crippen MR) is 98.8 cm³/mol. The Bertz CT molecular complexity index is 680. The summed E-state index contributed by atoms with van der Waals surface area (Å²) in [7, 11) is 0. The fourth-order valence-electron chi connectivity index (χ4n) is 2.74. The summed E-state index contributed by atoms with van der Waals surface area (Å²) in [4.78, 5) is 0. The lowest BCUT2D eigenvalue weighted by atomic mass is 9.86. The third kappa shape index (κ3) is 4.46. The van der Waals surface area contributed by atoms with Gasteiger partial charge in [0.25, 0.3) is 0 Å². The summed E-state index contributed by atoms with van der Waals surface area (Å²) in [6, 6.07) is 27.6. The van der Waals surface area contributed by atoms with Crippen LogP contribution in [0.4, 0.5) is 0 Å². The molecule has 1 radical (unpaired) electrons. The summed E-state index contributed by atoms with van der Waals surface area (Å²) < 4.78 is 0. The molecule has 0 unspecified atom stereocenters. The Kier molecular flexibility index (Phi) is 5.15. The Hall–Kier alpha value is -2.05. The second-order valence-electron chi connectivity index (χ2n) is 5.94. The smallest absolute Gasteiger partial charge is 0.0406 e. The highest BCUT2D eigenvalue weighted by Crippen LogP contribution is 2.25. The molecule has 3 aromatic rings. The first-order valence-corrected chi connectivity index (χ1v) is 8.28. The lowest BCUT2D eigenvalue weighted by Crippen LogP contribution is -2.08. The molecule has 0 aromatic heterocycles. The molecule has 1 heteroatoms. The van der Waals surface area contributed by atoms with E-state index in [1.54, 1.807) is 0 Å². The zero-order chi connectivity index (χ0) is 16.1. The van der Waals surface area contributed by atoms with E-state index in [0.717, 1.165) is 17.9 Å². The van der Waals surface area contributed by atoms with E-state index in [1.807, 2.05) is 12.1 Å². The summed E-state index contributed by atoms with van der Waals surface area (Å²) >= 11 is 6.00. The van der Waals surface area contributed by atoms with Gasteiger partial charge in [-0.1, -0.05) is 83.9 Å². The molecule has 0 aliphatic rings. The van der Waals surface area contributed by atoms with Crippen molar-refractivity contribution in [1.29, 1.82) is 0 Å². The van der Waals surface area contributed by atoms with E-state index in [9.17, 15) is 0 Å².